The Labute approximate surface area is 124 Å². The second kappa shape index (κ2) is 5.68. The van der Waals surface area contributed by atoms with E-state index in [1.54, 1.807) is 12.3 Å². The molecule has 0 atom stereocenters. The SMILES string of the molecule is CC(C)c1nccn1CC1CN(C(=O)c2ccccn2)C1. The van der Waals surface area contributed by atoms with Gasteiger partial charge in [0.25, 0.3) is 5.91 Å². The third kappa shape index (κ3) is 2.82. The summed E-state index contributed by atoms with van der Waals surface area (Å²) in [5, 5.41) is 0. The summed E-state index contributed by atoms with van der Waals surface area (Å²) >= 11 is 0. The molecule has 0 unspecified atom stereocenters. The molecule has 1 aliphatic heterocycles. The quantitative estimate of drug-likeness (QED) is 0.864. The third-order valence-corrected chi connectivity index (χ3v) is 3.85. The Balaban J connectivity index is 1.57. The van der Waals surface area contributed by atoms with E-state index in [1.807, 2.05) is 29.4 Å². The summed E-state index contributed by atoms with van der Waals surface area (Å²) in [4.78, 5) is 22.6. The van der Waals surface area contributed by atoms with Crippen molar-refractivity contribution < 1.29 is 4.79 Å². The molecule has 0 aromatic carbocycles. The van der Waals surface area contributed by atoms with Crippen LogP contribution in [0.25, 0.3) is 0 Å². The second-order valence-corrected chi connectivity index (χ2v) is 5.88. The van der Waals surface area contributed by atoms with Crippen LogP contribution >= 0.6 is 0 Å². The summed E-state index contributed by atoms with van der Waals surface area (Å²) in [6, 6.07) is 5.43. The van der Waals surface area contributed by atoms with Gasteiger partial charge in [0.2, 0.25) is 0 Å². The van der Waals surface area contributed by atoms with E-state index < -0.39 is 0 Å². The van der Waals surface area contributed by atoms with Crippen molar-refractivity contribution in [2.24, 2.45) is 5.92 Å². The first-order chi connectivity index (χ1) is 10.1. The minimum atomic E-state index is 0.0292. The van der Waals surface area contributed by atoms with Crippen molar-refractivity contribution in [3.05, 3.63) is 48.3 Å². The molecule has 5 heteroatoms. The number of hydrogen-bond acceptors (Lipinski definition) is 3. The Morgan fingerprint density at radius 1 is 1.29 bits per heavy atom. The number of rotatable bonds is 4. The van der Waals surface area contributed by atoms with Gasteiger partial charge in [-0.25, -0.2) is 4.98 Å². The zero-order valence-electron chi connectivity index (χ0n) is 12.4. The first-order valence-corrected chi connectivity index (χ1v) is 7.36. The zero-order chi connectivity index (χ0) is 14.8. The largest absolute Gasteiger partial charge is 0.336 e. The minimum Gasteiger partial charge on any atom is -0.336 e. The van der Waals surface area contributed by atoms with Gasteiger partial charge in [-0.1, -0.05) is 19.9 Å². The number of amides is 1. The molecule has 0 radical (unpaired) electrons. The molecule has 2 aromatic heterocycles. The van der Waals surface area contributed by atoms with Gasteiger partial charge in [0.05, 0.1) is 0 Å². The lowest BCUT2D eigenvalue weighted by Gasteiger charge is -2.39. The highest BCUT2D eigenvalue weighted by molar-refractivity contribution is 5.92. The molecule has 5 nitrogen and oxygen atoms in total. The monoisotopic (exact) mass is 284 g/mol. The van der Waals surface area contributed by atoms with Crippen molar-refractivity contribution in [3.63, 3.8) is 0 Å². The number of imidazole rings is 1. The summed E-state index contributed by atoms with van der Waals surface area (Å²) in [6.45, 7) is 6.82. The highest BCUT2D eigenvalue weighted by Gasteiger charge is 2.32. The van der Waals surface area contributed by atoms with Gasteiger partial charge in [0.15, 0.2) is 0 Å². The molecule has 2 aromatic rings. The van der Waals surface area contributed by atoms with Gasteiger partial charge < -0.3 is 9.47 Å². The predicted octanol–water partition coefficient (Wildman–Crippen LogP) is 2.17. The first-order valence-electron chi connectivity index (χ1n) is 7.36. The molecule has 1 saturated heterocycles. The topological polar surface area (TPSA) is 51.0 Å². The van der Waals surface area contributed by atoms with Crippen LogP contribution in [0.1, 0.15) is 36.1 Å². The Hall–Kier alpha value is -2.17. The first kappa shape index (κ1) is 13.8. The van der Waals surface area contributed by atoms with E-state index in [0.717, 1.165) is 25.5 Å². The van der Waals surface area contributed by atoms with Crippen molar-refractivity contribution in [1.82, 2.24) is 19.4 Å². The molecule has 1 aliphatic rings. The number of hydrogen-bond donors (Lipinski definition) is 0. The van der Waals surface area contributed by atoms with Crippen molar-refractivity contribution in [1.29, 1.82) is 0 Å². The number of carbonyl (C=O) groups is 1. The molecule has 3 rings (SSSR count). The van der Waals surface area contributed by atoms with Crippen LogP contribution in [-0.2, 0) is 6.54 Å². The number of nitrogens with zero attached hydrogens (tertiary/aromatic N) is 4. The van der Waals surface area contributed by atoms with E-state index in [0.29, 0.717) is 17.5 Å². The van der Waals surface area contributed by atoms with E-state index >= 15 is 0 Å². The number of likely N-dealkylation sites (tertiary alicyclic amines) is 1. The summed E-state index contributed by atoms with van der Waals surface area (Å²) in [6.07, 6.45) is 5.54. The lowest BCUT2D eigenvalue weighted by molar-refractivity contribution is 0.0461. The predicted molar refractivity (Wildman–Crippen MR) is 79.9 cm³/mol. The number of pyridine rings is 1. The van der Waals surface area contributed by atoms with Crippen LogP contribution in [0.2, 0.25) is 0 Å². The van der Waals surface area contributed by atoms with Crippen LogP contribution in [0.5, 0.6) is 0 Å². The second-order valence-electron chi connectivity index (χ2n) is 5.88. The van der Waals surface area contributed by atoms with Crippen molar-refractivity contribution in [3.8, 4) is 0 Å². The molecular formula is C16H20N4O. The number of aromatic nitrogens is 3. The maximum absolute atomic E-state index is 12.2. The summed E-state index contributed by atoms with van der Waals surface area (Å²) in [7, 11) is 0. The average Bonchev–Trinajstić information content (AvgIpc) is 2.91. The fourth-order valence-corrected chi connectivity index (χ4v) is 2.76. The maximum atomic E-state index is 12.2. The molecule has 3 heterocycles. The summed E-state index contributed by atoms with van der Waals surface area (Å²) < 4.78 is 2.21. The number of carbonyl (C=O) groups excluding carboxylic acids is 1. The van der Waals surface area contributed by atoms with Crippen LogP contribution in [0.15, 0.2) is 36.8 Å². The molecule has 21 heavy (non-hydrogen) atoms. The molecule has 1 amide bonds. The molecule has 0 spiro atoms. The van der Waals surface area contributed by atoms with Crippen LogP contribution in [-0.4, -0.2) is 38.4 Å². The average molecular weight is 284 g/mol. The molecule has 0 N–H and O–H groups in total. The van der Waals surface area contributed by atoms with Gasteiger partial charge >= 0.3 is 0 Å². The zero-order valence-corrected chi connectivity index (χ0v) is 12.4. The van der Waals surface area contributed by atoms with Crippen LogP contribution in [0.3, 0.4) is 0 Å². The van der Waals surface area contributed by atoms with E-state index in [4.69, 9.17) is 0 Å². The summed E-state index contributed by atoms with van der Waals surface area (Å²) in [5.74, 6) is 2.07. The fourth-order valence-electron chi connectivity index (χ4n) is 2.76. The molecular weight excluding hydrogens is 264 g/mol. The highest BCUT2D eigenvalue weighted by Crippen LogP contribution is 2.22. The van der Waals surface area contributed by atoms with E-state index in [2.05, 4.69) is 28.4 Å². The molecule has 110 valence electrons. The van der Waals surface area contributed by atoms with Crippen LogP contribution in [0.4, 0.5) is 0 Å². The Morgan fingerprint density at radius 3 is 2.76 bits per heavy atom. The lowest BCUT2D eigenvalue weighted by atomic mass is 9.99. The van der Waals surface area contributed by atoms with Crippen LogP contribution in [0, 0.1) is 5.92 Å². The minimum absolute atomic E-state index is 0.0292. The standard InChI is InChI=1S/C16H20N4O/c1-12(2)15-18-7-8-19(15)9-13-10-20(11-13)16(21)14-5-3-4-6-17-14/h3-8,12-13H,9-11H2,1-2H3. The van der Waals surface area contributed by atoms with Gasteiger partial charge in [-0.05, 0) is 12.1 Å². The lowest BCUT2D eigenvalue weighted by Crippen LogP contribution is -2.51. The molecule has 0 saturated carbocycles. The van der Waals surface area contributed by atoms with E-state index in [9.17, 15) is 4.79 Å². The Kier molecular flexibility index (Phi) is 3.73. The van der Waals surface area contributed by atoms with Crippen LogP contribution < -0.4 is 0 Å². The third-order valence-electron chi connectivity index (χ3n) is 3.85. The molecule has 1 fully saturated rings. The normalized spacial score (nSPS) is 15.3. The van der Waals surface area contributed by atoms with Gasteiger partial charge in [-0.15, -0.1) is 0 Å². The van der Waals surface area contributed by atoms with E-state index in [-0.39, 0.29) is 5.91 Å². The maximum Gasteiger partial charge on any atom is 0.272 e. The Morgan fingerprint density at radius 2 is 2.10 bits per heavy atom. The molecule has 0 aliphatic carbocycles. The van der Waals surface area contributed by atoms with Crippen molar-refractivity contribution in [2.45, 2.75) is 26.3 Å². The Bertz CT molecular complexity index is 614. The smallest absolute Gasteiger partial charge is 0.272 e. The van der Waals surface area contributed by atoms with Gasteiger partial charge in [-0.2, -0.15) is 0 Å². The summed E-state index contributed by atoms with van der Waals surface area (Å²) in [5.41, 5.74) is 0.529. The van der Waals surface area contributed by atoms with Crippen molar-refractivity contribution in [2.75, 3.05) is 13.1 Å². The van der Waals surface area contributed by atoms with E-state index in [1.165, 1.54) is 0 Å². The van der Waals surface area contributed by atoms with Gasteiger partial charge in [-0.3, -0.25) is 9.78 Å². The fraction of sp³-hybridized carbons (Fsp3) is 0.438. The van der Waals surface area contributed by atoms with Crippen molar-refractivity contribution >= 4 is 5.91 Å². The van der Waals surface area contributed by atoms with Gasteiger partial charge in [0.1, 0.15) is 11.5 Å². The highest BCUT2D eigenvalue weighted by atomic mass is 16.2. The molecule has 0 bridgehead atoms. The van der Waals surface area contributed by atoms with Gasteiger partial charge in [0, 0.05) is 50.1 Å².